The SMILES string of the molecule is CC(=O)N1CCN(C(=O)C[C@@H]2c3nc(NC(=O)c4cccc(F)c4)sc3C[C@@H]3[C@](C)(CO)[C@H](O)CC[C@]32C)CC1. The fourth-order valence-electron chi connectivity index (χ4n) is 7.07. The van der Waals surface area contributed by atoms with E-state index in [2.05, 4.69) is 12.2 Å². The van der Waals surface area contributed by atoms with Crippen molar-refractivity contribution >= 4 is 34.2 Å². The summed E-state index contributed by atoms with van der Waals surface area (Å²) in [6.45, 7) is 7.34. The van der Waals surface area contributed by atoms with E-state index in [-0.39, 0.29) is 42.2 Å². The summed E-state index contributed by atoms with van der Waals surface area (Å²) in [4.78, 5) is 47.6. The van der Waals surface area contributed by atoms with Gasteiger partial charge in [-0.1, -0.05) is 19.9 Å². The van der Waals surface area contributed by atoms with Gasteiger partial charge in [-0.2, -0.15) is 0 Å². The summed E-state index contributed by atoms with van der Waals surface area (Å²) in [5.74, 6) is -1.39. The van der Waals surface area contributed by atoms with E-state index in [0.29, 0.717) is 50.6 Å². The van der Waals surface area contributed by atoms with Crippen LogP contribution >= 0.6 is 11.3 Å². The zero-order valence-corrected chi connectivity index (χ0v) is 24.0. The molecule has 216 valence electrons. The lowest BCUT2D eigenvalue weighted by molar-refractivity contribution is -0.149. The molecule has 0 unspecified atom stereocenters. The molecule has 0 spiro atoms. The molecule has 3 N–H and O–H groups in total. The maximum Gasteiger partial charge on any atom is 0.257 e. The molecule has 1 aromatic carbocycles. The van der Waals surface area contributed by atoms with Gasteiger partial charge in [0.15, 0.2) is 5.13 Å². The molecule has 1 saturated heterocycles. The fourth-order valence-corrected chi connectivity index (χ4v) is 8.14. The van der Waals surface area contributed by atoms with Gasteiger partial charge in [0.1, 0.15) is 5.82 Å². The van der Waals surface area contributed by atoms with Crippen LogP contribution in [-0.4, -0.2) is 81.6 Å². The first-order valence-corrected chi connectivity index (χ1v) is 14.7. The molecule has 1 saturated carbocycles. The molecule has 40 heavy (non-hydrogen) atoms. The highest BCUT2D eigenvalue weighted by molar-refractivity contribution is 7.15. The Labute approximate surface area is 237 Å². The quantitative estimate of drug-likeness (QED) is 0.506. The maximum absolute atomic E-state index is 13.7. The molecule has 1 aromatic heterocycles. The number of piperazine rings is 1. The van der Waals surface area contributed by atoms with Crippen molar-refractivity contribution in [2.45, 2.75) is 58.5 Å². The van der Waals surface area contributed by atoms with Gasteiger partial charge >= 0.3 is 0 Å². The van der Waals surface area contributed by atoms with E-state index in [1.165, 1.54) is 42.5 Å². The number of rotatable bonds is 5. The largest absolute Gasteiger partial charge is 0.396 e. The predicted molar refractivity (Wildman–Crippen MR) is 148 cm³/mol. The average Bonchev–Trinajstić information content (AvgIpc) is 3.34. The molecule has 3 amide bonds. The van der Waals surface area contributed by atoms with E-state index in [4.69, 9.17) is 4.98 Å². The minimum absolute atomic E-state index is 0.00119. The Hall–Kier alpha value is -2.89. The number of nitrogens with one attached hydrogen (secondary N) is 1. The third-order valence-electron chi connectivity index (χ3n) is 9.66. The standard InChI is InChI=1S/C29H37FN4O5S/c1-17(36)33-9-11-34(12-10-33)24(38)14-20-25-21(15-22-28(20,2)8-7-23(37)29(22,3)16-35)40-27(31-25)32-26(39)18-5-4-6-19(30)13-18/h4-6,13,20,22-23,35,37H,7-12,14-16H2,1-3H3,(H,31,32,39)/t20-,22+,23-,28+,29+/m1/s1. The number of halogens is 1. The van der Waals surface area contributed by atoms with E-state index in [1.807, 2.05) is 6.92 Å². The molecule has 2 fully saturated rings. The van der Waals surface area contributed by atoms with Crippen molar-refractivity contribution in [3.05, 3.63) is 46.2 Å². The van der Waals surface area contributed by atoms with Gasteiger partial charge in [0, 0.05) is 61.3 Å². The summed E-state index contributed by atoms with van der Waals surface area (Å²) in [5.41, 5.74) is -0.223. The number of fused-ring (bicyclic) bond motifs is 2. The van der Waals surface area contributed by atoms with Gasteiger partial charge in [-0.15, -0.1) is 11.3 Å². The van der Waals surface area contributed by atoms with E-state index in [9.17, 15) is 29.0 Å². The van der Waals surface area contributed by atoms with Crippen LogP contribution in [0.5, 0.6) is 0 Å². The summed E-state index contributed by atoms with van der Waals surface area (Å²) in [6.07, 6.45) is 1.28. The summed E-state index contributed by atoms with van der Waals surface area (Å²) in [5, 5.41) is 24.6. The van der Waals surface area contributed by atoms with Crippen LogP contribution in [0.4, 0.5) is 9.52 Å². The number of amides is 3. The molecule has 9 nitrogen and oxygen atoms in total. The lowest BCUT2D eigenvalue weighted by Crippen LogP contribution is -2.58. The van der Waals surface area contributed by atoms with Crippen molar-refractivity contribution in [2.24, 2.45) is 16.7 Å². The highest BCUT2D eigenvalue weighted by Gasteiger charge is 2.59. The Balaban J connectivity index is 1.46. The molecular weight excluding hydrogens is 535 g/mol. The van der Waals surface area contributed by atoms with Crippen LogP contribution in [0.25, 0.3) is 0 Å². The van der Waals surface area contributed by atoms with E-state index >= 15 is 0 Å². The number of benzene rings is 1. The van der Waals surface area contributed by atoms with E-state index in [0.717, 1.165) is 10.6 Å². The Bertz CT molecular complexity index is 1310. The van der Waals surface area contributed by atoms with Crippen molar-refractivity contribution in [1.29, 1.82) is 0 Å². The molecule has 11 heteroatoms. The van der Waals surface area contributed by atoms with Gasteiger partial charge in [-0.25, -0.2) is 9.37 Å². The van der Waals surface area contributed by atoms with Crippen molar-refractivity contribution in [1.82, 2.24) is 14.8 Å². The Morgan fingerprint density at radius 3 is 2.52 bits per heavy atom. The Kier molecular flexibility index (Phi) is 7.75. The van der Waals surface area contributed by atoms with Crippen LogP contribution < -0.4 is 5.32 Å². The topological polar surface area (TPSA) is 123 Å². The number of thiazole rings is 1. The first-order chi connectivity index (χ1) is 19.0. The number of anilines is 1. The molecule has 0 bridgehead atoms. The van der Waals surface area contributed by atoms with Crippen molar-refractivity contribution in [3.8, 4) is 0 Å². The number of aliphatic hydroxyl groups excluding tert-OH is 2. The van der Waals surface area contributed by atoms with Gasteiger partial charge in [-0.3, -0.25) is 19.7 Å². The van der Waals surface area contributed by atoms with Crippen LogP contribution in [0, 0.1) is 22.6 Å². The number of aliphatic hydroxyl groups is 2. The third-order valence-corrected chi connectivity index (χ3v) is 10.7. The molecule has 0 radical (unpaired) electrons. The van der Waals surface area contributed by atoms with Crippen LogP contribution in [0.2, 0.25) is 0 Å². The second-order valence-electron chi connectivity index (χ2n) is 11.9. The van der Waals surface area contributed by atoms with Crippen LogP contribution in [0.3, 0.4) is 0 Å². The summed E-state index contributed by atoms with van der Waals surface area (Å²) >= 11 is 1.33. The molecule has 3 aliphatic rings. The first-order valence-electron chi connectivity index (χ1n) is 13.8. The molecule has 1 aliphatic heterocycles. The fraction of sp³-hybridized carbons (Fsp3) is 0.586. The van der Waals surface area contributed by atoms with Crippen molar-refractivity contribution in [2.75, 3.05) is 38.1 Å². The number of carbonyl (C=O) groups excluding carboxylic acids is 3. The number of aromatic nitrogens is 1. The minimum atomic E-state index is -0.756. The normalized spacial score (nSPS) is 29.9. The summed E-state index contributed by atoms with van der Waals surface area (Å²) in [7, 11) is 0. The smallest absolute Gasteiger partial charge is 0.257 e. The maximum atomic E-state index is 13.7. The van der Waals surface area contributed by atoms with Gasteiger partial charge in [0.05, 0.1) is 18.4 Å². The van der Waals surface area contributed by atoms with Gasteiger partial charge in [0.25, 0.3) is 5.91 Å². The Morgan fingerprint density at radius 2 is 1.88 bits per heavy atom. The highest BCUT2D eigenvalue weighted by atomic mass is 32.1. The summed E-state index contributed by atoms with van der Waals surface area (Å²) < 4.78 is 13.7. The highest BCUT2D eigenvalue weighted by Crippen LogP contribution is 2.63. The van der Waals surface area contributed by atoms with Gasteiger partial charge < -0.3 is 20.0 Å². The number of hydrogen-bond donors (Lipinski definition) is 3. The molecule has 5 atom stereocenters. The van der Waals surface area contributed by atoms with Crippen molar-refractivity contribution in [3.63, 3.8) is 0 Å². The molecule has 5 rings (SSSR count). The van der Waals surface area contributed by atoms with Crippen LogP contribution in [-0.2, 0) is 16.0 Å². The molecule has 2 aliphatic carbocycles. The van der Waals surface area contributed by atoms with Crippen molar-refractivity contribution < 1.29 is 29.0 Å². The zero-order chi connectivity index (χ0) is 28.8. The first kappa shape index (κ1) is 28.6. The second kappa shape index (κ2) is 10.8. The van der Waals surface area contributed by atoms with E-state index in [1.54, 1.807) is 9.80 Å². The molecular formula is C29H37FN4O5S. The lowest BCUT2D eigenvalue weighted by Gasteiger charge is -2.58. The lowest BCUT2D eigenvalue weighted by atomic mass is 9.47. The third kappa shape index (κ3) is 5.03. The number of carbonyl (C=O) groups is 3. The second-order valence-corrected chi connectivity index (χ2v) is 13.0. The van der Waals surface area contributed by atoms with E-state index < -0.39 is 28.7 Å². The summed E-state index contributed by atoms with van der Waals surface area (Å²) in [6, 6.07) is 5.44. The molecule has 2 aromatic rings. The Morgan fingerprint density at radius 1 is 1.18 bits per heavy atom. The van der Waals surface area contributed by atoms with Gasteiger partial charge in [-0.05, 0) is 48.8 Å². The molecule has 2 heterocycles. The minimum Gasteiger partial charge on any atom is -0.396 e. The number of nitrogens with zero attached hydrogens (tertiary/aromatic N) is 3. The predicted octanol–water partition coefficient (Wildman–Crippen LogP) is 3.03. The number of hydrogen-bond acceptors (Lipinski definition) is 7. The van der Waals surface area contributed by atoms with Gasteiger partial charge in [0.2, 0.25) is 11.8 Å². The van der Waals surface area contributed by atoms with Crippen LogP contribution in [0.15, 0.2) is 24.3 Å². The average molecular weight is 573 g/mol. The zero-order valence-electron chi connectivity index (χ0n) is 23.2. The van der Waals surface area contributed by atoms with Crippen LogP contribution in [0.1, 0.15) is 66.9 Å². The monoisotopic (exact) mass is 572 g/mol.